The molecule has 31 heavy (non-hydrogen) atoms. The van der Waals surface area contributed by atoms with Crippen molar-refractivity contribution in [2.75, 3.05) is 6.54 Å². The summed E-state index contributed by atoms with van der Waals surface area (Å²) in [7, 11) is 0. The molecule has 12 heteroatoms. The first-order chi connectivity index (χ1) is 14.4. The van der Waals surface area contributed by atoms with E-state index in [4.69, 9.17) is 21.7 Å². The summed E-state index contributed by atoms with van der Waals surface area (Å²) in [5.74, 6) is -5.28. The second-order valence-electron chi connectivity index (χ2n) is 7.49. The minimum absolute atomic E-state index is 0.385. The van der Waals surface area contributed by atoms with Crippen molar-refractivity contribution in [3.63, 3.8) is 0 Å². The number of aliphatic carboxylic acids is 2. The van der Waals surface area contributed by atoms with Crippen LogP contribution in [0.1, 0.15) is 52.9 Å². The Labute approximate surface area is 181 Å². The van der Waals surface area contributed by atoms with E-state index in [1.807, 2.05) is 0 Å². The molecule has 5 atom stereocenters. The lowest BCUT2D eigenvalue weighted by atomic mass is 9.97. The molecular weight excluding hydrogens is 410 g/mol. The van der Waals surface area contributed by atoms with Crippen LogP contribution >= 0.6 is 0 Å². The molecule has 0 bridgehead atoms. The number of rotatable bonds is 15. The minimum Gasteiger partial charge on any atom is -0.481 e. The molecule has 0 spiro atoms. The van der Waals surface area contributed by atoms with Crippen LogP contribution in [0, 0.1) is 5.92 Å². The molecule has 0 saturated carbocycles. The number of nitrogens with two attached hydrogens (primary N) is 2. The molecule has 5 unspecified atom stereocenters. The lowest BCUT2D eigenvalue weighted by Gasteiger charge is -2.27. The highest BCUT2D eigenvalue weighted by Gasteiger charge is 2.32. The molecule has 3 amide bonds. The average Bonchev–Trinajstić information content (AvgIpc) is 2.69. The van der Waals surface area contributed by atoms with E-state index in [0.717, 1.165) is 6.42 Å². The van der Waals surface area contributed by atoms with Gasteiger partial charge in [-0.15, -0.1) is 0 Å². The van der Waals surface area contributed by atoms with Crippen LogP contribution in [0.15, 0.2) is 0 Å². The first kappa shape index (κ1) is 28.3. The second kappa shape index (κ2) is 14.3. The highest BCUT2D eigenvalue weighted by molar-refractivity contribution is 5.94. The van der Waals surface area contributed by atoms with Crippen LogP contribution in [-0.4, -0.2) is 70.6 Å². The standard InChI is InChI=1S/C19H35N5O7/c1-4-10(2)15(18(29)23-13(19(30)31)9-14(25)26)24-16(27)11(3)22-17(28)12(21)7-5-6-8-20/h10-13,15H,4-9,20-21H2,1-3H3,(H,22,28)(H,23,29)(H,24,27)(H,25,26)(H,30,31). The number of amides is 3. The number of hydrogen-bond acceptors (Lipinski definition) is 7. The average molecular weight is 446 g/mol. The van der Waals surface area contributed by atoms with Gasteiger partial charge in [-0.25, -0.2) is 4.79 Å². The van der Waals surface area contributed by atoms with Gasteiger partial charge < -0.3 is 37.6 Å². The summed E-state index contributed by atoms with van der Waals surface area (Å²) >= 11 is 0. The van der Waals surface area contributed by atoms with Gasteiger partial charge in [0.25, 0.3) is 0 Å². The fourth-order valence-corrected chi connectivity index (χ4v) is 2.64. The quantitative estimate of drug-likeness (QED) is 0.146. The number of carboxylic acid groups (broad SMARTS) is 2. The van der Waals surface area contributed by atoms with Gasteiger partial charge >= 0.3 is 11.9 Å². The third-order valence-electron chi connectivity index (χ3n) is 4.84. The van der Waals surface area contributed by atoms with E-state index in [0.29, 0.717) is 25.8 Å². The van der Waals surface area contributed by atoms with Gasteiger partial charge in [0.05, 0.1) is 12.5 Å². The van der Waals surface area contributed by atoms with Crippen molar-refractivity contribution in [3.8, 4) is 0 Å². The normalized spacial score (nSPS) is 15.6. The van der Waals surface area contributed by atoms with Gasteiger partial charge in [0, 0.05) is 0 Å². The summed E-state index contributed by atoms with van der Waals surface area (Å²) in [6, 6.07) is -4.56. The van der Waals surface area contributed by atoms with Crippen molar-refractivity contribution in [2.45, 2.75) is 77.0 Å². The van der Waals surface area contributed by atoms with Crippen molar-refractivity contribution in [3.05, 3.63) is 0 Å². The predicted molar refractivity (Wildman–Crippen MR) is 112 cm³/mol. The summed E-state index contributed by atoms with van der Waals surface area (Å²) in [6.07, 6.45) is 1.47. The third kappa shape index (κ3) is 10.7. The Morgan fingerprint density at radius 3 is 2.00 bits per heavy atom. The van der Waals surface area contributed by atoms with E-state index < -0.39 is 60.2 Å². The summed E-state index contributed by atoms with van der Waals surface area (Å²) in [5, 5.41) is 25.1. The van der Waals surface area contributed by atoms with E-state index in [2.05, 4.69) is 16.0 Å². The van der Waals surface area contributed by atoms with E-state index in [1.165, 1.54) is 6.92 Å². The van der Waals surface area contributed by atoms with Crippen molar-refractivity contribution < 1.29 is 34.2 Å². The number of carbonyl (C=O) groups is 5. The lowest BCUT2D eigenvalue weighted by molar-refractivity contribution is -0.147. The SMILES string of the molecule is CCC(C)C(NC(=O)C(C)NC(=O)C(N)CCCCN)C(=O)NC(CC(=O)O)C(=O)O. The highest BCUT2D eigenvalue weighted by atomic mass is 16.4. The zero-order valence-electron chi connectivity index (χ0n) is 18.2. The van der Waals surface area contributed by atoms with Crippen molar-refractivity contribution in [1.82, 2.24) is 16.0 Å². The third-order valence-corrected chi connectivity index (χ3v) is 4.84. The largest absolute Gasteiger partial charge is 0.481 e. The Morgan fingerprint density at radius 1 is 0.903 bits per heavy atom. The molecule has 12 nitrogen and oxygen atoms in total. The molecule has 0 radical (unpaired) electrons. The Bertz CT molecular complexity index is 643. The van der Waals surface area contributed by atoms with Gasteiger partial charge in [0.2, 0.25) is 17.7 Å². The molecule has 178 valence electrons. The van der Waals surface area contributed by atoms with Gasteiger partial charge in [-0.1, -0.05) is 26.7 Å². The molecule has 0 aromatic carbocycles. The van der Waals surface area contributed by atoms with Crippen LogP contribution in [0.5, 0.6) is 0 Å². The van der Waals surface area contributed by atoms with Crippen LogP contribution in [0.3, 0.4) is 0 Å². The summed E-state index contributed by atoms with van der Waals surface area (Å²) in [4.78, 5) is 59.3. The molecule has 0 aliphatic carbocycles. The number of hydrogen-bond donors (Lipinski definition) is 7. The van der Waals surface area contributed by atoms with E-state index in [-0.39, 0.29) is 5.92 Å². The Balaban J connectivity index is 5.07. The summed E-state index contributed by atoms with van der Waals surface area (Å²) in [5.41, 5.74) is 11.2. The Morgan fingerprint density at radius 2 is 1.52 bits per heavy atom. The molecule has 0 aromatic rings. The van der Waals surface area contributed by atoms with Crippen LogP contribution < -0.4 is 27.4 Å². The highest BCUT2D eigenvalue weighted by Crippen LogP contribution is 2.09. The maximum absolute atomic E-state index is 12.6. The molecule has 9 N–H and O–H groups in total. The predicted octanol–water partition coefficient (Wildman–Crippen LogP) is -1.48. The second-order valence-corrected chi connectivity index (χ2v) is 7.49. The van der Waals surface area contributed by atoms with Gasteiger partial charge in [0.15, 0.2) is 0 Å². The number of unbranched alkanes of at least 4 members (excludes halogenated alkanes) is 1. The molecule has 0 aliphatic rings. The molecule has 0 rings (SSSR count). The first-order valence-electron chi connectivity index (χ1n) is 10.3. The maximum atomic E-state index is 12.6. The monoisotopic (exact) mass is 445 g/mol. The smallest absolute Gasteiger partial charge is 0.326 e. The minimum atomic E-state index is -1.64. The topological polar surface area (TPSA) is 214 Å². The fourth-order valence-electron chi connectivity index (χ4n) is 2.64. The molecule has 0 saturated heterocycles. The first-order valence-corrected chi connectivity index (χ1v) is 10.3. The van der Waals surface area contributed by atoms with Crippen LogP contribution in [0.4, 0.5) is 0 Å². The molecule has 0 aliphatic heterocycles. The molecule has 0 fully saturated rings. The van der Waals surface area contributed by atoms with Gasteiger partial charge in [-0.05, 0) is 32.2 Å². The van der Waals surface area contributed by atoms with Gasteiger partial charge in [-0.3, -0.25) is 19.2 Å². The summed E-state index contributed by atoms with van der Waals surface area (Å²) < 4.78 is 0. The van der Waals surface area contributed by atoms with Crippen LogP contribution in [0.25, 0.3) is 0 Å². The van der Waals surface area contributed by atoms with Crippen molar-refractivity contribution >= 4 is 29.7 Å². The number of nitrogens with one attached hydrogen (secondary N) is 3. The maximum Gasteiger partial charge on any atom is 0.326 e. The molecule has 0 heterocycles. The Hall–Kier alpha value is -2.73. The molecule has 0 aromatic heterocycles. The van der Waals surface area contributed by atoms with E-state index in [9.17, 15) is 24.0 Å². The zero-order valence-corrected chi connectivity index (χ0v) is 18.2. The lowest BCUT2D eigenvalue weighted by Crippen LogP contribution is -2.58. The van der Waals surface area contributed by atoms with Crippen molar-refractivity contribution in [1.29, 1.82) is 0 Å². The molecular formula is C19H35N5O7. The van der Waals surface area contributed by atoms with E-state index >= 15 is 0 Å². The van der Waals surface area contributed by atoms with Crippen LogP contribution in [-0.2, 0) is 24.0 Å². The number of carbonyl (C=O) groups excluding carboxylic acids is 3. The van der Waals surface area contributed by atoms with Crippen LogP contribution in [0.2, 0.25) is 0 Å². The van der Waals surface area contributed by atoms with Gasteiger partial charge in [0.1, 0.15) is 18.1 Å². The fraction of sp³-hybridized carbons (Fsp3) is 0.737. The van der Waals surface area contributed by atoms with Crippen molar-refractivity contribution in [2.24, 2.45) is 17.4 Å². The number of carboxylic acids is 2. The Kier molecular flexibility index (Phi) is 13.0. The summed E-state index contributed by atoms with van der Waals surface area (Å²) in [6.45, 7) is 5.36. The zero-order chi connectivity index (χ0) is 24.1. The van der Waals surface area contributed by atoms with E-state index in [1.54, 1.807) is 13.8 Å². The van der Waals surface area contributed by atoms with Gasteiger partial charge in [-0.2, -0.15) is 0 Å².